The van der Waals surface area contributed by atoms with Crippen molar-refractivity contribution in [3.8, 4) is 0 Å². The van der Waals surface area contributed by atoms with Gasteiger partial charge < -0.3 is 24.0 Å². The van der Waals surface area contributed by atoms with Crippen molar-refractivity contribution in [1.82, 2.24) is 0 Å². The first-order valence-corrected chi connectivity index (χ1v) is 23.9. The summed E-state index contributed by atoms with van der Waals surface area (Å²) in [5, 5.41) is 8.80. The van der Waals surface area contributed by atoms with Gasteiger partial charge in [0.15, 0.2) is 6.10 Å². The Labute approximate surface area is 359 Å². The predicted octanol–water partition coefficient (Wildman–Crippen LogP) is 11.8. The molecule has 0 fully saturated rings. The predicted molar refractivity (Wildman–Crippen MR) is 244 cm³/mol. The minimum atomic E-state index is -4.41. The van der Waals surface area contributed by atoms with E-state index < -0.39 is 32.5 Å². The van der Waals surface area contributed by atoms with E-state index in [1.807, 2.05) is 27.2 Å². The van der Waals surface area contributed by atoms with E-state index in [1.165, 1.54) is 38.5 Å². The number of ether oxygens (including phenoxy) is 2. The third-order valence-electron chi connectivity index (χ3n) is 8.95. The largest absolute Gasteiger partial charge is 0.472 e. The lowest BCUT2D eigenvalue weighted by atomic mass is 10.1. The van der Waals surface area contributed by atoms with E-state index in [-0.39, 0.29) is 32.7 Å². The van der Waals surface area contributed by atoms with Gasteiger partial charge in [-0.1, -0.05) is 131 Å². The number of likely N-dealkylation sites (N-methyl/N-ethyl adjacent to an activating group) is 1. The van der Waals surface area contributed by atoms with Crippen molar-refractivity contribution >= 4 is 19.8 Å². The van der Waals surface area contributed by atoms with Gasteiger partial charge in [-0.05, 0) is 89.9 Å². The minimum absolute atomic E-state index is 0.00450. The molecule has 0 aliphatic heterocycles. The van der Waals surface area contributed by atoms with E-state index in [9.17, 15) is 19.0 Å². The molecular formula is C48H83NO9P+. The number of quaternary nitrogens is 1. The van der Waals surface area contributed by atoms with Crippen LogP contribution in [0.25, 0.3) is 0 Å². The van der Waals surface area contributed by atoms with Crippen LogP contribution in [-0.4, -0.2) is 86.6 Å². The monoisotopic (exact) mass is 849 g/mol. The second kappa shape index (κ2) is 40.6. The molecule has 0 radical (unpaired) electrons. The van der Waals surface area contributed by atoms with Crippen molar-refractivity contribution < 1.29 is 47.2 Å². The van der Waals surface area contributed by atoms with Crippen molar-refractivity contribution in [2.24, 2.45) is 0 Å². The molecule has 1 unspecified atom stereocenters. The third-order valence-corrected chi connectivity index (χ3v) is 9.94. The van der Waals surface area contributed by atoms with Gasteiger partial charge in [-0.15, -0.1) is 0 Å². The van der Waals surface area contributed by atoms with Gasteiger partial charge >= 0.3 is 19.8 Å². The fraction of sp³-hybridized carbons (Fsp3) is 0.667. The number of carbonyl (C=O) groups excluding carboxylic acids is 2. The number of rotatable bonds is 40. The van der Waals surface area contributed by atoms with E-state index in [4.69, 9.17) is 23.6 Å². The van der Waals surface area contributed by atoms with Gasteiger partial charge in [0.1, 0.15) is 19.8 Å². The first kappa shape index (κ1) is 56.1. The Morgan fingerprint density at radius 3 is 1.46 bits per heavy atom. The van der Waals surface area contributed by atoms with Gasteiger partial charge in [0.25, 0.3) is 0 Å². The van der Waals surface area contributed by atoms with Crippen LogP contribution < -0.4 is 0 Å². The van der Waals surface area contributed by atoms with Crippen LogP contribution in [-0.2, 0) is 32.7 Å². The molecule has 0 rings (SSSR count). The molecule has 0 amide bonds. The van der Waals surface area contributed by atoms with E-state index in [2.05, 4.69) is 85.9 Å². The van der Waals surface area contributed by atoms with Gasteiger partial charge in [0, 0.05) is 19.4 Å². The normalized spacial score (nSPS) is 14.3. The number of nitrogens with zero attached hydrogens (tertiary/aromatic N) is 1. The van der Waals surface area contributed by atoms with Gasteiger partial charge in [-0.3, -0.25) is 18.6 Å². The van der Waals surface area contributed by atoms with Crippen LogP contribution >= 0.6 is 7.82 Å². The van der Waals surface area contributed by atoms with Crippen LogP contribution in [0.5, 0.6) is 0 Å². The summed E-state index contributed by atoms with van der Waals surface area (Å²) in [6, 6.07) is 0. The van der Waals surface area contributed by atoms with Gasteiger partial charge in [-0.25, -0.2) is 4.57 Å². The van der Waals surface area contributed by atoms with Crippen molar-refractivity contribution in [2.45, 2.75) is 154 Å². The Hall–Kier alpha value is -2.85. The SMILES string of the molecule is CCCCCCCC/C=C\C/C=C\C/C=C\CCCC(=O)OC[C@H](COP(=O)(O)OCC[N+](C)(C)C)OC(=O)CCC/C=C\C/C=C\C/C=C\C/C=C\CCCCCO. The molecule has 0 aromatic heterocycles. The quantitative estimate of drug-likeness (QED) is 0.0204. The zero-order chi connectivity index (χ0) is 43.6. The van der Waals surface area contributed by atoms with Crippen LogP contribution in [0.2, 0.25) is 0 Å². The lowest BCUT2D eigenvalue weighted by molar-refractivity contribution is -0.870. The lowest BCUT2D eigenvalue weighted by Crippen LogP contribution is -2.37. The highest BCUT2D eigenvalue weighted by molar-refractivity contribution is 7.47. The Bertz CT molecular complexity index is 1280. The molecule has 0 saturated heterocycles. The zero-order valence-electron chi connectivity index (χ0n) is 37.4. The summed E-state index contributed by atoms with van der Waals surface area (Å²) < 4.78 is 34.2. The molecule has 0 aliphatic carbocycles. The number of unbranched alkanes of at least 4 members (excludes halogenated alkanes) is 11. The number of carbonyl (C=O) groups is 2. The van der Waals surface area contributed by atoms with E-state index in [0.29, 0.717) is 30.3 Å². The summed E-state index contributed by atoms with van der Waals surface area (Å²) >= 11 is 0. The molecule has 2 N–H and O–H groups in total. The molecule has 0 saturated carbocycles. The van der Waals surface area contributed by atoms with Crippen LogP contribution in [0.3, 0.4) is 0 Å². The summed E-state index contributed by atoms with van der Waals surface area (Å²) in [5.41, 5.74) is 0. The molecule has 2 atom stereocenters. The molecule has 0 aromatic carbocycles. The second-order valence-electron chi connectivity index (χ2n) is 15.8. The van der Waals surface area contributed by atoms with E-state index in [0.717, 1.165) is 70.6 Å². The zero-order valence-corrected chi connectivity index (χ0v) is 38.3. The van der Waals surface area contributed by atoms with Crippen LogP contribution in [0.4, 0.5) is 0 Å². The van der Waals surface area contributed by atoms with Crippen LogP contribution in [0, 0.1) is 0 Å². The number of hydrogen-bond donors (Lipinski definition) is 2. The molecule has 338 valence electrons. The first-order chi connectivity index (χ1) is 28.5. The number of aliphatic hydroxyl groups is 1. The topological polar surface area (TPSA) is 129 Å². The molecule has 11 heteroatoms. The number of allylic oxidation sites excluding steroid dienone is 14. The molecule has 0 bridgehead atoms. The summed E-state index contributed by atoms with van der Waals surface area (Å²) in [6.07, 6.45) is 49.5. The highest BCUT2D eigenvalue weighted by Crippen LogP contribution is 2.43. The average Bonchev–Trinajstić information content (AvgIpc) is 3.19. The van der Waals surface area contributed by atoms with Crippen LogP contribution in [0.1, 0.15) is 148 Å². The fourth-order valence-electron chi connectivity index (χ4n) is 5.41. The fourth-order valence-corrected chi connectivity index (χ4v) is 6.15. The Kier molecular flexibility index (Phi) is 38.6. The summed E-state index contributed by atoms with van der Waals surface area (Å²) in [6.45, 7) is 2.27. The summed E-state index contributed by atoms with van der Waals surface area (Å²) in [5.74, 6) is -0.948. The molecule has 0 aromatic rings. The number of phosphoric ester groups is 1. The van der Waals surface area contributed by atoms with E-state index >= 15 is 0 Å². The number of hydrogen-bond acceptors (Lipinski definition) is 8. The number of aliphatic hydroxyl groups excluding tert-OH is 1. The Morgan fingerprint density at radius 1 is 0.559 bits per heavy atom. The maximum Gasteiger partial charge on any atom is 0.472 e. The van der Waals surface area contributed by atoms with Crippen molar-refractivity contribution in [1.29, 1.82) is 0 Å². The van der Waals surface area contributed by atoms with Gasteiger partial charge in [0.2, 0.25) is 0 Å². The number of phosphoric acid groups is 1. The summed E-state index contributed by atoms with van der Waals surface area (Å²) in [7, 11) is 1.38. The molecule has 0 heterocycles. The average molecular weight is 849 g/mol. The molecule has 0 spiro atoms. The summed E-state index contributed by atoms with van der Waals surface area (Å²) in [4.78, 5) is 35.3. The van der Waals surface area contributed by atoms with E-state index in [1.54, 1.807) is 0 Å². The highest BCUT2D eigenvalue weighted by Gasteiger charge is 2.27. The molecule has 59 heavy (non-hydrogen) atoms. The first-order valence-electron chi connectivity index (χ1n) is 22.4. The molecule has 10 nitrogen and oxygen atoms in total. The molecule has 0 aliphatic rings. The molecular weight excluding hydrogens is 765 g/mol. The second-order valence-corrected chi connectivity index (χ2v) is 17.3. The van der Waals surface area contributed by atoms with Gasteiger partial charge in [-0.2, -0.15) is 0 Å². The van der Waals surface area contributed by atoms with Crippen LogP contribution in [0.15, 0.2) is 85.1 Å². The Morgan fingerprint density at radius 2 is 0.983 bits per heavy atom. The highest BCUT2D eigenvalue weighted by atomic mass is 31.2. The standard InChI is InChI=1S/C48H82NO9P/c1-5-6-7-8-9-10-11-12-13-15-18-21-24-27-30-33-36-39-47(51)55-44-46(45-57-59(53,54)56-43-41-49(2,3)4)58-48(52)40-37-34-31-28-25-22-19-16-14-17-20-23-26-29-32-35-38-42-50/h12-14,17-19,21-23,26-28,30-31,46,50H,5-11,15-16,20,24-25,29,32-45H2,1-4H3/p+1/b13-12-,17-14-,21-18-,22-19-,26-23-,30-27-,31-28-/t46-/m1/s1. The lowest BCUT2D eigenvalue weighted by Gasteiger charge is -2.24. The maximum absolute atomic E-state index is 12.7. The Balaban J connectivity index is 4.54. The number of esters is 2. The van der Waals surface area contributed by atoms with Crippen molar-refractivity contribution in [2.75, 3.05) is 54.1 Å². The van der Waals surface area contributed by atoms with Crippen molar-refractivity contribution in [3.63, 3.8) is 0 Å². The third kappa shape index (κ3) is 44.5. The minimum Gasteiger partial charge on any atom is -0.462 e. The van der Waals surface area contributed by atoms with Crippen molar-refractivity contribution in [3.05, 3.63) is 85.1 Å². The van der Waals surface area contributed by atoms with Gasteiger partial charge in [0.05, 0.1) is 27.7 Å². The maximum atomic E-state index is 12.7. The smallest absolute Gasteiger partial charge is 0.462 e.